The molecule has 10 nitrogen and oxygen atoms in total. The van der Waals surface area contributed by atoms with Gasteiger partial charge in [-0.3, -0.25) is 14.7 Å². The number of carbonyl (C=O) groups is 2. The summed E-state index contributed by atoms with van der Waals surface area (Å²) in [5, 5.41) is 16.2. The van der Waals surface area contributed by atoms with Gasteiger partial charge in [-0.25, -0.2) is 4.79 Å². The molecule has 0 spiro atoms. The molecule has 3 amide bonds. The SMILES string of the molecule is C[C@@H]1CN([C@H](C)CO)C(=O)c2cc(NC(=O)NC3CCCCC3)ccc2O[C@@H](C)CCCCO[C@@H]1CN(C)Cc1ccncc1. The molecule has 1 aliphatic carbocycles. The lowest BCUT2D eigenvalue weighted by molar-refractivity contribution is -0.0177. The number of likely N-dealkylation sites (N-methyl/N-ethyl adjacent to an activating group) is 1. The van der Waals surface area contributed by atoms with Gasteiger partial charge in [-0.2, -0.15) is 0 Å². The third-order valence-electron chi connectivity index (χ3n) is 8.94. The number of rotatable bonds is 8. The maximum absolute atomic E-state index is 14.3. The first-order valence-corrected chi connectivity index (χ1v) is 16.7. The number of nitrogens with zero attached hydrogens (tertiary/aromatic N) is 3. The Kier molecular flexibility index (Phi) is 13.5. The average Bonchev–Trinajstić information content (AvgIpc) is 3.03. The van der Waals surface area contributed by atoms with Crippen LogP contribution in [0, 0.1) is 5.92 Å². The zero-order valence-corrected chi connectivity index (χ0v) is 27.5. The first-order valence-electron chi connectivity index (χ1n) is 16.7. The van der Waals surface area contributed by atoms with Gasteiger partial charge in [0.15, 0.2) is 0 Å². The van der Waals surface area contributed by atoms with Gasteiger partial charge in [-0.15, -0.1) is 0 Å². The van der Waals surface area contributed by atoms with Crippen LogP contribution >= 0.6 is 0 Å². The Balaban J connectivity index is 1.56. The van der Waals surface area contributed by atoms with Crippen LogP contribution in [0.5, 0.6) is 5.75 Å². The molecular formula is C35H53N5O5. The second-order valence-electron chi connectivity index (χ2n) is 13.0. The number of aliphatic hydroxyl groups is 1. The third kappa shape index (κ3) is 10.7. The number of nitrogens with one attached hydrogen (secondary N) is 2. The second-order valence-corrected chi connectivity index (χ2v) is 13.0. The summed E-state index contributed by atoms with van der Waals surface area (Å²) in [6.45, 7) is 8.26. The van der Waals surface area contributed by atoms with Crippen molar-refractivity contribution in [1.29, 1.82) is 0 Å². The summed E-state index contributed by atoms with van der Waals surface area (Å²) < 4.78 is 12.8. The van der Waals surface area contributed by atoms with Crippen molar-refractivity contribution in [2.75, 3.05) is 38.7 Å². The number of aliphatic hydroxyl groups excluding tert-OH is 1. The molecule has 10 heteroatoms. The first kappa shape index (κ1) is 34.7. The number of carbonyl (C=O) groups excluding carboxylic acids is 2. The fourth-order valence-electron chi connectivity index (χ4n) is 6.23. The molecule has 1 fully saturated rings. The monoisotopic (exact) mass is 623 g/mol. The molecule has 4 rings (SSSR count). The minimum atomic E-state index is -0.431. The van der Waals surface area contributed by atoms with Crippen LogP contribution in [0.2, 0.25) is 0 Å². The van der Waals surface area contributed by atoms with E-state index >= 15 is 0 Å². The summed E-state index contributed by atoms with van der Waals surface area (Å²) in [7, 11) is 2.08. The van der Waals surface area contributed by atoms with Crippen LogP contribution in [0.3, 0.4) is 0 Å². The van der Waals surface area contributed by atoms with E-state index < -0.39 is 6.04 Å². The number of ether oxygens (including phenoxy) is 2. The van der Waals surface area contributed by atoms with Crippen molar-refractivity contribution in [1.82, 2.24) is 20.1 Å². The van der Waals surface area contributed by atoms with E-state index in [0.29, 0.717) is 36.7 Å². The maximum atomic E-state index is 14.3. The number of aromatic nitrogens is 1. The molecule has 0 unspecified atom stereocenters. The van der Waals surface area contributed by atoms with Gasteiger partial charge < -0.3 is 30.1 Å². The lowest BCUT2D eigenvalue weighted by atomic mass is 9.96. The highest BCUT2D eigenvalue weighted by molar-refractivity contribution is 5.99. The van der Waals surface area contributed by atoms with E-state index in [1.54, 1.807) is 35.5 Å². The van der Waals surface area contributed by atoms with Crippen LogP contribution in [0.25, 0.3) is 0 Å². The molecular weight excluding hydrogens is 570 g/mol. The largest absolute Gasteiger partial charge is 0.490 e. The molecule has 45 heavy (non-hydrogen) atoms. The van der Waals surface area contributed by atoms with E-state index in [9.17, 15) is 14.7 Å². The zero-order valence-electron chi connectivity index (χ0n) is 27.5. The zero-order chi connectivity index (χ0) is 32.2. The molecule has 2 aromatic rings. The van der Waals surface area contributed by atoms with Crippen molar-refractivity contribution < 1.29 is 24.2 Å². The molecule has 4 atom stereocenters. The molecule has 1 aromatic heterocycles. The van der Waals surface area contributed by atoms with Crippen molar-refractivity contribution >= 4 is 17.6 Å². The lowest BCUT2D eigenvalue weighted by Crippen LogP contribution is -2.47. The third-order valence-corrected chi connectivity index (χ3v) is 8.94. The number of fused-ring (bicyclic) bond motifs is 1. The number of pyridine rings is 1. The van der Waals surface area contributed by atoms with Crippen molar-refractivity contribution in [2.45, 2.75) is 103 Å². The summed E-state index contributed by atoms with van der Waals surface area (Å²) in [5.41, 5.74) is 2.07. The average molecular weight is 624 g/mol. The highest BCUT2D eigenvalue weighted by Gasteiger charge is 2.30. The normalized spacial score (nSPS) is 23.0. The molecule has 0 bridgehead atoms. The fraction of sp³-hybridized carbons (Fsp3) is 0.629. The van der Waals surface area contributed by atoms with Crippen LogP contribution < -0.4 is 15.4 Å². The van der Waals surface area contributed by atoms with Crippen molar-refractivity contribution in [3.8, 4) is 5.75 Å². The maximum Gasteiger partial charge on any atom is 0.319 e. The van der Waals surface area contributed by atoms with E-state index in [-0.39, 0.29) is 42.7 Å². The highest BCUT2D eigenvalue weighted by Crippen LogP contribution is 2.29. The standard InChI is InChI=1S/C35H53N5O5/c1-25-21-40(26(2)24-41)34(42)31-20-30(38-35(43)37-29-11-6-5-7-12-29)13-14-32(31)45-27(3)10-8-9-19-44-33(25)23-39(4)22-28-15-17-36-18-16-28/h13-18,20,25-27,29,33,41H,5-12,19,21-24H2,1-4H3,(H2,37,38,43)/t25-,26-,27+,33-/m1/s1. The molecule has 0 saturated heterocycles. The predicted octanol–water partition coefficient (Wildman–Crippen LogP) is 5.46. The Bertz CT molecular complexity index is 1210. The van der Waals surface area contributed by atoms with E-state index in [1.165, 1.54) is 12.0 Å². The van der Waals surface area contributed by atoms with Crippen molar-refractivity contribution in [3.05, 3.63) is 53.9 Å². The lowest BCUT2D eigenvalue weighted by Gasteiger charge is -2.36. The Hall–Kier alpha value is -3.21. The van der Waals surface area contributed by atoms with Gasteiger partial charge in [-0.05, 0) is 88.9 Å². The van der Waals surface area contributed by atoms with Gasteiger partial charge in [0.2, 0.25) is 0 Å². The molecule has 248 valence electrons. The van der Waals surface area contributed by atoms with E-state index in [2.05, 4.69) is 34.5 Å². The number of urea groups is 1. The minimum absolute atomic E-state index is 0.0170. The van der Waals surface area contributed by atoms with Gasteiger partial charge in [0.25, 0.3) is 5.91 Å². The molecule has 2 aliphatic rings. The first-order chi connectivity index (χ1) is 21.7. The topological polar surface area (TPSA) is 116 Å². The second kappa shape index (κ2) is 17.5. The quantitative estimate of drug-likeness (QED) is 0.358. The van der Waals surface area contributed by atoms with Crippen molar-refractivity contribution in [3.63, 3.8) is 0 Å². The minimum Gasteiger partial charge on any atom is -0.490 e. The summed E-state index contributed by atoms with van der Waals surface area (Å²) in [5.74, 6) is 0.218. The Morgan fingerprint density at radius 2 is 1.82 bits per heavy atom. The van der Waals surface area contributed by atoms with E-state index in [1.807, 2.05) is 26.0 Å². The van der Waals surface area contributed by atoms with Gasteiger partial charge in [0.05, 0.1) is 30.4 Å². The van der Waals surface area contributed by atoms with E-state index in [4.69, 9.17) is 9.47 Å². The van der Waals surface area contributed by atoms with Crippen LogP contribution in [0.1, 0.15) is 88.1 Å². The number of hydrogen-bond acceptors (Lipinski definition) is 7. The fourth-order valence-corrected chi connectivity index (χ4v) is 6.23. The number of benzene rings is 1. The molecule has 3 N–H and O–H groups in total. The predicted molar refractivity (Wildman–Crippen MR) is 176 cm³/mol. The summed E-state index contributed by atoms with van der Waals surface area (Å²) >= 11 is 0. The number of amides is 3. The van der Waals surface area contributed by atoms with Gasteiger partial charge in [0, 0.05) is 56.3 Å². The molecule has 2 heterocycles. The highest BCUT2D eigenvalue weighted by atomic mass is 16.5. The van der Waals surface area contributed by atoms with Gasteiger partial charge >= 0.3 is 6.03 Å². The van der Waals surface area contributed by atoms with Crippen LogP contribution in [0.4, 0.5) is 10.5 Å². The van der Waals surface area contributed by atoms with Crippen molar-refractivity contribution in [2.24, 2.45) is 5.92 Å². The van der Waals surface area contributed by atoms with Crippen LogP contribution in [0.15, 0.2) is 42.7 Å². The van der Waals surface area contributed by atoms with E-state index in [0.717, 1.165) is 51.5 Å². The smallest absolute Gasteiger partial charge is 0.319 e. The molecule has 1 aromatic carbocycles. The van der Waals surface area contributed by atoms with Gasteiger partial charge in [-0.1, -0.05) is 26.2 Å². The number of anilines is 1. The molecule has 0 radical (unpaired) electrons. The summed E-state index contributed by atoms with van der Waals surface area (Å²) in [4.78, 5) is 35.3. The Morgan fingerprint density at radius 3 is 2.56 bits per heavy atom. The van der Waals surface area contributed by atoms with Crippen LogP contribution in [-0.4, -0.2) is 89.5 Å². The number of hydrogen-bond donors (Lipinski definition) is 3. The summed E-state index contributed by atoms with van der Waals surface area (Å²) in [6.07, 6.45) is 11.5. The van der Waals surface area contributed by atoms with Crippen LogP contribution in [-0.2, 0) is 11.3 Å². The molecule has 1 saturated carbocycles. The van der Waals surface area contributed by atoms with Gasteiger partial charge in [0.1, 0.15) is 5.75 Å². The Morgan fingerprint density at radius 1 is 1.09 bits per heavy atom. The summed E-state index contributed by atoms with van der Waals surface area (Å²) in [6, 6.07) is 8.76. The molecule has 1 aliphatic heterocycles. The Labute approximate surface area is 268 Å².